The molecule has 1 amide bonds. The highest BCUT2D eigenvalue weighted by Crippen LogP contribution is 2.21. The summed E-state index contributed by atoms with van der Waals surface area (Å²) in [6.07, 6.45) is 2.26. The van der Waals surface area contributed by atoms with Gasteiger partial charge in [-0.2, -0.15) is 0 Å². The van der Waals surface area contributed by atoms with Gasteiger partial charge in [-0.15, -0.1) is 0 Å². The van der Waals surface area contributed by atoms with Gasteiger partial charge in [-0.3, -0.25) is 5.32 Å². The second kappa shape index (κ2) is 7.00. The molecule has 0 bridgehead atoms. The number of anilines is 2. The van der Waals surface area contributed by atoms with Gasteiger partial charge in [0.25, 0.3) is 0 Å². The quantitative estimate of drug-likeness (QED) is 0.911. The van der Waals surface area contributed by atoms with Crippen LogP contribution in [0.1, 0.15) is 12.8 Å². The van der Waals surface area contributed by atoms with Crippen LogP contribution in [0.25, 0.3) is 0 Å². The van der Waals surface area contributed by atoms with Crippen LogP contribution in [0, 0.1) is 0 Å². The summed E-state index contributed by atoms with van der Waals surface area (Å²) >= 11 is 0. The second-order valence-electron chi connectivity index (χ2n) is 5.45. The van der Waals surface area contributed by atoms with Crippen molar-refractivity contribution < 1.29 is 14.6 Å². The smallest absolute Gasteiger partial charge is 0.413 e. The molecule has 1 aromatic carbocycles. The molecule has 1 aliphatic rings. The molecule has 6 nitrogen and oxygen atoms in total. The molecule has 0 aliphatic carbocycles. The van der Waals surface area contributed by atoms with Gasteiger partial charge >= 0.3 is 6.09 Å². The van der Waals surface area contributed by atoms with Gasteiger partial charge in [0.05, 0.1) is 6.20 Å². The molecule has 2 aromatic rings. The highest BCUT2D eigenvalue weighted by Gasteiger charge is 2.22. The summed E-state index contributed by atoms with van der Waals surface area (Å²) in [6.45, 7) is 1.72. The molecule has 1 aliphatic heterocycles. The number of hydrogen-bond donors (Lipinski definition) is 2. The monoisotopic (exact) mass is 313 g/mol. The fourth-order valence-electron chi connectivity index (χ4n) is 2.62. The van der Waals surface area contributed by atoms with Gasteiger partial charge in [-0.05, 0) is 24.3 Å². The highest BCUT2D eigenvalue weighted by molar-refractivity contribution is 5.83. The molecule has 6 heteroatoms. The molecule has 1 aromatic heterocycles. The van der Waals surface area contributed by atoms with Crippen molar-refractivity contribution in [1.82, 2.24) is 4.98 Å². The molecule has 1 saturated heterocycles. The number of amides is 1. The van der Waals surface area contributed by atoms with Crippen LogP contribution in [-0.4, -0.2) is 35.4 Å². The van der Waals surface area contributed by atoms with Gasteiger partial charge < -0.3 is 14.7 Å². The Kier molecular flexibility index (Phi) is 4.61. The Morgan fingerprint density at radius 1 is 1.17 bits per heavy atom. The van der Waals surface area contributed by atoms with Gasteiger partial charge in [0.2, 0.25) is 0 Å². The lowest BCUT2D eigenvalue weighted by atomic mass is 10.1. The first-order chi connectivity index (χ1) is 11.2. The van der Waals surface area contributed by atoms with Crippen molar-refractivity contribution in [2.75, 3.05) is 23.3 Å². The van der Waals surface area contributed by atoms with Gasteiger partial charge in [0, 0.05) is 31.6 Å². The molecule has 0 saturated carbocycles. The fourth-order valence-corrected chi connectivity index (χ4v) is 2.62. The van der Waals surface area contributed by atoms with Gasteiger partial charge in [0.1, 0.15) is 17.7 Å². The Balaban J connectivity index is 1.47. The molecule has 3 rings (SSSR count). The number of nitrogens with zero attached hydrogens (tertiary/aromatic N) is 2. The van der Waals surface area contributed by atoms with Crippen molar-refractivity contribution in [3.8, 4) is 5.75 Å². The molecule has 2 heterocycles. The van der Waals surface area contributed by atoms with E-state index >= 15 is 0 Å². The molecule has 2 N–H and O–H groups in total. The number of hydrogen-bond acceptors (Lipinski definition) is 5. The standard InChI is InChI=1S/C17H19N3O3/c21-14-6-7-16(18-12-14)19-17(22)23-15-8-10-20(11-9-15)13-4-2-1-3-5-13/h1-7,12,15,21H,8-11H2,(H,18,19,22). The largest absolute Gasteiger partial charge is 0.506 e. The normalized spacial score (nSPS) is 15.2. The average molecular weight is 313 g/mol. The minimum atomic E-state index is -0.513. The number of aromatic hydroxyl groups is 1. The minimum absolute atomic E-state index is 0.0530. The lowest BCUT2D eigenvalue weighted by molar-refractivity contribution is 0.0950. The second-order valence-corrected chi connectivity index (χ2v) is 5.45. The Hall–Kier alpha value is -2.76. The van der Waals surface area contributed by atoms with Crippen molar-refractivity contribution in [3.05, 3.63) is 48.7 Å². The third kappa shape index (κ3) is 4.12. The zero-order chi connectivity index (χ0) is 16.1. The number of ether oxygens (including phenoxy) is 1. The first kappa shape index (κ1) is 15.1. The van der Waals surface area contributed by atoms with Crippen LogP contribution >= 0.6 is 0 Å². The number of rotatable bonds is 3. The van der Waals surface area contributed by atoms with E-state index in [2.05, 4.69) is 27.3 Å². The number of nitrogens with one attached hydrogen (secondary N) is 1. The van der Waals surface area contributed by atoms with Crippen LogP contribution in [0.2, 0.25) is 0 Å². The Morgan fingerprint density at radius 2 is 1.91 bits per heavy atom. The number of pyridine rings is 1. The SMILES string of the molecule is O=C(Nc1ccc(O)cn1)OC1CCN(c2ccccc2)CC1. The van der Waals surface area contributed by atoms with Gasteiger partial charge in [0.15, 0.2) is 0 Å². The third-order valence-corrected chi connectivity index (χ3v) is 3.82. The Bertz CT molecular complexity index is 638. The van der Waals surface area contributed by atoms with E-state index in [0.717, 1.165) is 25.9 Å². The molecule has 1 fully saturated rings. The van der Waals surface area contributed by atoms with E-state index < -0.39 is 6.09 Å². The van der Waals surface area contributed by atoms with Gasteiger partial charge in [-0.25, -0.2) is 9.78 Å². The van der Waals surface area contributed by atoms with Crippen molar-refractivity contribution in [3.63, 3.8) is 0 Å². The van der Waals surface area contributed by atoms with Crippen molar-refractivity contribution in [2.45, 2.75) is 18.9 Å². The molecule has 0 unspecified atom stereocenters. The third-order valence-electron chi connectivity index (χ3n) is 3.82. The van der Waals surface area contributed by atoms with E-state index in [1.165, 1.54) is 24.0 Å². The summed E-state index contributed by atoms with van der Waals surface area (Å²) in [7, 11) is 0. The number of para-hydroxylation sites is 1. The average Bonchev–Trinajstić information content (AvgIpc) is 2.58. The summed E-state index contributed by atoms with van der Waals surface area (Å²) in [4.78, 5) is 18.1. The maximum absolute atomic E-state index is 11.9. The zero-order valence-electron chi connectivity index (χ0n) is 12.7. The summed E-state index contributed by atoms with van der Waals surface area (Å²) in [6, 6.07) is 13.2. The summed E-state index contributed by atoms with van der Waals surface area (Å²) in [5.41, 5.74) is 1.20. The van der Waals surface area contributed by atoms with Crippen LogP contribution in [0.15, 0.2) is 48.7 Å². The van der Waals surface area contributed by atoms with E-state index in [4.69, 9.17) is 9.84 Å². The lowest BCUT2D eigenvalue weighted by Crippen LogP contribution is -2.38. The molecule has 23 heavy (non-hydrogen) atoms. The maximum atomic E-state index is 11.9. The van der Waals surface area contributed by atoms with E-state index in [1.807, 2.05) is 18.2 Å². The Morgan fingerprint density at radius 3 is 2.57 bits per heavy atom. The molecule has 0 spiro atoms. The van der Waals surface area contributed by atoms with Crippen LogP contribution in [0.4, 0.5) is 16.3 Å². The number of piperidine rings is 1. The van der Waals surface area contributed by atoms with E-state index in [-0.39, 0.29) is 11.9 Å². The molecule has 120 valence electrons. The maximum Gasteiger partial charge on any atom is 0.413 e. The van der Waals surface area contributed by atoms with Crippen LogP contribution in [0.3, 0.4) is 0 Å². The number of aromatic nitrogens is 1. The molecular weight excluding hydrogens is 294 g/mol. The van der Waals surface area contributed by atoms with Crippen LogP contribution in [-0.2, 0) is 4.74 Å². The lowest BCUT2D eigenvalue weighted by Gasteiger charge is -2.33. The number of carbonyl (C=O) groups is 1. The summed E-state index contributed by atoms with van der Waals surface area (Å²) < 4.78 is 5.43. The Labute approximate surface area is 134 Å². The molecular formula is C17H19N3O3. The predicted molar refractivity (Wildman–Crippen MR) is 87.7 cm³/mol. The van der Waals surface area contributed by atoms with E-state index in [9.17, 15) is 4.79 Å². The number of carbonyl (C=O) groups excluding carboxylic acids is 1. The molecule has 0 atom stereocenters. The topological polar surface area (TPSA) is 74.7 Å². The molecule has 0 radical (unpaired) electrons. The zero-order valence-corrected chi connectivity index (χ0v) is 12.7. The fraction of sp³-hybridized carbons (Fsp3) is 0.294. The van der Waals surface area contributed by atoms with E-state index in [0.29, 0.717) is 5.82 Å². The minimum Gasteiger partial charge on any atom is -0.506 e. The van der Waals surface area contributed by atoms with Crippen molar-refractivity contribution in [2.24, 2.45) is 0 Å². The first-order valence-electron chi connectivity index (χ1n) is 7.63. The highest BCUT2D eigenvalue weighted by atomic mass is 16.6. The van der Waals surface area contributed by atoms with E-state index in [1.54, 1.807) is 0 Å². The number of benzene rings is 1. The first-order valence-corrected chi connectivity index (χ1v) is 7.63. The van der Waals surface area contributed by atoms with Crippen LogP contribution in [0.5, 0.6) is 5.75 Å². The van der Waals surface area contributed by atoms with Crippen molar-refractivity contribution in [1.29, 1.82) is 0 Å². The summed E-state index contributed by atoms with van der Waals surface area (Å²) in [5.74, 6) is 0.409. The predicted octanol–water partition coefficient (Wildman–Crippen LogP) is 3.00. The van der Waals surface area contributed by atoms with Crippen LogP contribution < -0.4 is 10.2 Å². The van der Waals surface area contributed by atoms with Gasteiger partial charge in [-0.1, -0.05) is 18.2 Å². The van der Waals surface area contributed by atoms with Crippen molar-refractivity contribution >= 4 is 17.6 Å². The summed E-state index contributed by atoms with van der Waals surface area (Å²) in [5, 5.41) is 11.7.